The predicted octanol–water partition coefficient (Wildman–Crippen LogP) is 6.76. The maximum atomic E-state index is 14.3. The number of benzene rings is 2. The third-order valence-corrected chi connectivity index (χ3v) is 8.65. The summed E-state index contributed by atoms with van der Waals surface area (Å²) in [7, 11) is 1.39. The van der Waals surface area contributed by atoms with E-state index in [4.69, 9.17) is 9.47 Å². The van der Waals surface area contributed by atoms with Crippen LogP contribution in [0.4, 0.5) is 17.6 Å². The summed E-state index contributed by atoms with van der Waals surface area (Å²) in [5.41, 5.74) is 0.753. The molecule has 1 amide bonds. The minimum atomic E-state index is -4.20. The number of methoxy groups -OCH3 is 1. The van der Waals surface area contributed by atoms with Crippen molar-refractivity contribution < 1.29 is 36.6 Å². The van der Waals surface area contributed by atoms with Gasteiger partial charge < -0.3 is 14.4 Å². The van der Waals surface area contributed by atoms with Gasteiger partial charge in [-0.05, 0) is 86.8 Å². The number of esters is 1. The lowest BCUT2D eigenvalue weighted by molar-refractivity contribution is -0.185. The molecule has 0 N–H and O–H groups in total. The van der Waals surface area contributed by atoms with Gasteiger partial charge in [-0.2, -0.15) is 13.2 Å². The second-order valence-electron chi connectivity index (χ2n) is 10.9. The Morgan fingerprint density at radius 2 is 1.63 bits per heavy atom. The molecule has 2 bridgehead atoms. The van der Waals surface area contributed by atoms with E-state index in [0.717, 1.165) is 24.6 Å². The summed E-state index contributed by atoms with van der Waals surface area (Å²) in [5, 5.41) is 1.32. The molecule has 0 spiro atoms. The van der Waals surface area contributed by atoms with Crippen LogP contribution in [0.15, 0.2) is 30.3 Å². The summed E-state index contributed by atoms with van der Waals surface area (Å²) in [6.45, 7) is -0.821. The Balaban J connectivity index is 1.37. The van der Waals surface area contributed by atoms with Gasteiger partial charge in [-0.1, -0.05) is 12.1 Å². The van der Waals surface area contributed by atoms with Gasteiger partial charge in [-0.15, -0.1) is 0 Å². The number of hydrogen-bond donors (Lipinski definition) is 0. The zero-order valence-electron chi connectivity index (χ0n) is 21.4. The van der Waals surface area contributed by atoms with Crippen LogP contribution in [0.3, 0.4) is 0 Å². The molecule has 3 fully saturated rings. The van der Waals surface area contributed by atoms with Crippen LogP contribution in [-0.2, 0) is 16.2 Å². The molecule has 206 valence electrons. The monoisotopic (exact) mass is 535 g/mol. The molecule has 2 heterocycles. The van der Waals surface area contributed by atoms with E-state index in [0.29, 0.717) is 35.1 Å². The van der Waals surface area contributed by atoms with Gasteiger partial charge in [0.25, 0.3) is 5.91 Å². The normalized spacial score (nSPS) is 27.7. The highest BCUT2D eigenvalue weighted by atomic mass is 19.4. The van der Waals surface area contributed by atoms with Crippen LogP contribution in [0.2, 0.25) is 0 Å². The smallest absolute Gasteiger partial charge is 0.391 e. The third kappa shape index (κ3) is 5.21. The van der Waals surface area contributed by atoms with E-state index in [1.165, 1.54) is 7.11 Å². The fourth-order valence-corrected chi connectivity index (χ4v) is 6.65. The van der Waals surface area contributed by atoms with Gasteiger partial charge in [0.05, 0.1) is 25.0 Å². The second kappa shape index (κ2) is 10.7. The molecule has 2 atom stereocenters. The fourth-order valence-electron chi connectivity index (χ4n) is 6.65. The first-order chi connectivity index (χ1) is 18.2. The highest BCUT2D eigenvalue weighted by molar-refractivity contribution is 6.00. The average molecular weight is 536 g/mol. The summed E-state index contributed by atoms with van der Waals surface area (Å²) >= 11 is 0. The Hall–Kier alpha value is -2.84. The summed E-state index contributed by atoms with van der Waals surface area (Å²) in [4.78, 5) is 27.8. The van der Waals surface area contributed by atoms with E-state index in [-0.39, 0.29) is 55.6 Å². The Kier molecular flexibility index (Phi) is 7.56. The minimum Gasteiger partial charge on any atom is -0.490 e. The highest BCUT2D eigenvalue weighted by Gasteiger charge is 2.44. The summed E-state index contributed by atoms with van der Waals surface area (Å²) < 4.78 is 64.4. The molecule has 3 aliphatic rings. The van der Waals surface area contributed by atoms with Crippen molar-refractivity contribution >= 4 is 22.6 Å². The number of alkyl halides is 4. The third-order valence-electron chi connectivity index (χ3n) is 8.65. The van der Waals surface area contributed by atoms with Crippen molar-refractivity contribution in [1.29, 1.82) is 0 Å². The summed E-state index contributed by atoms with van der Waals surface area (Å²) in [6.07, 6.45) is -0.276. The number of amides is 1. The lowest BCUT2D eigenvalue weighted by Crippen LogP contribution is -2.55. The first-order valence-corrected chi connectivity index (χ1v) is 13.4. The molecule has 0 aromatic heterocycles. The number of nitrogens with zero attached hydrogens (tertiary/aromatic N) is 1. The number of hydrogen-bond acceptors (Lipinski definition) is 4. The number of ether oxygens (including phenoxy) is 2. The van der Waals surface area contributed by atoms with Gasteiger partial charge in [-0.25, -0.2) is 4.39 Å². The fraction of sp³-hybridized carbons (Fsp3) is 0.586. The number of carbonyl (C=O) groups excluding carboxylic acids is 2. The molecule has 2 aliphatic heterocycles. The standard InChI is InChI=1S/C29H33F4NO4/c1-37-28(36)19-13-21-3-2-4-22(14-19)34(21)27(35)18-6-5-17-7-12-26(25(16-30)24(17)15-18)38-23-10-8-20(9-11-23)29(31,32)33/h5-7,12,15,19-23H,2-4,8-11,13-14,16H2,1H3. The quantitative estimate of drug-likeness (QED) is 0.314. The van der Waals surface area contributed by atoms with Crippen molar-refractivity contribution in [1.82, 2.24) is 4.90 Å². The zero-order valence-corrected chi connectivity index (χ0v) is 21.4. The van der Waals surface area contributed by atoms with Gasteiger partial charge >= 0.3 is 12.1 Å². The average Bonchev–Trinajstić information content (AvgIpc) is 2.90. The van der Waals surface area contributed by atoms with Crippen molar-refractivity contribution in [2.24, 2.45) is 11.8 Å². The van der Waals surface area contributed by atoms with Crippen LogP contribution in [0.1, 0.15) is 73.7 Å². The first kappa shape index (κ1) is 26.8. The lowest BCUT2D eigenvalue weighted by Gasteiger charge is -2.48. The van der Waals surface area contributed by atoms with Crippen molar-refractivity contribution in [2.75, 3.05) is 7.11 Å². The number of rotatable bonds is 5. The van der Waals surface area contributed by atoms with Crippen LogP contribution < -0.4 is 4.74 Å². The van der Waals surface area contributed by atoms with E-state index in [2.05, 4.69) is 0 Å². The molecular formula is C29H33F4NO4. The Bertz CT molecular complexity index is 1180. The molecule has 2 unspecified atom stereocenters. The molecular weight excluding hydrogens is 502 g/mol. The molecule has 5 rings (SSSR count). The van der Waals surface area contributed by atoms with Crippen LogP contribution in [0.5, 0.6) is 5.75 Å². The highest BCUT2D eigenvalue weighted by Crippen LogP contribution is 2.41. The van der Waals surface area contributed by atoms with Crippen molar-refractivity contribution in [2.45, 2.75) is 88.8 Å². The van der Waals surface area contributed by atoms with Crippen LogP contribution in [0.25, 0.3) is 10.8 Å². The molecule has 2 aromatic carbocycles. The van der Waals surface area contributed by atoms with E-state index in [1.54, 1.807) is 30.3 Å². The van der Waals surface area contributed by atoms with E-state index in [9.17, 15) is 27.2 Å². The van der Waals surface area contributed by atoms with E-state index in [1.807, 2.05) is 4.90 Å². The van der Waals surface area contributed by atoms with Crippen molar-refractivity contribution in [3.8, 4) is 5.75 Å². The molecule has 5 nitrogen and oxygen atoms in total. The van der Waals surface area contributed by atoms with Crippen LogP contribution in [0, 0.1) is 11.8 Å². The van der Waals surface area contributed by atoms with E-state index >= 15 is 0 Å². The van der Waals surface area contributed by atoms with Crippen LogP contribution in [-0.4, -0.2) is 48.3 Å². The number of halogens is 4. The van der Waals surface area contributed by atoms with Crippen molar-refractivity contribution in [3.63, 3.8) is 0 Å². The van der Waals surface area contributed by atoms with Crippen LogP contribution >= 0.6 is 0 Å². The van der Waals surface area contributed by atoms with Gasteiger partial charge in [0.1, 0.15) is 12.4 Å². The van der Waals surface area contributed by atoms with Gasteiger partial charge in [-0.3, -0.25) is 9.59 Å². The summed E-state index contributed by atoms with van der Waals surface area (Å²) in [6, 6.07) is 8.59. The Labute approximate surface area is 219 Å². The lowest BCUT2D eigenvalue weighted by atomic mass is 9.78. The Morgan fingerprint density at radius 1 is 0.974 bits per heavy atom. The molecule has 9 heteroatoms. The number of piperidine rings is 2. The number of carbonyl (C=O) groups is 2. The minimum absolute atomic E-state index is 0.000357. The maximum absolute atomic E-state index is 14.3. The van der Waals surface area contributed by atoms with Gasteiger partial charge in [0, 0.05) is 23.2 Å². The van der Waals surface area contributed by atoms with Gasteiger partial charge in [0.15, 0.2) is 0 Å². The molecule has 0 radical (unpaired) electrons. The SMILES string of the molecule is COC(=O)C1CC2CCCC(C1)N2C(=O)c1ccc2ccc(OC3CCC(C(F)(F)F)CC3)c(CF)c2c1. The first-order valence-electron chi connectivity index (χ1n) is 13.4. The molecule has 38 heavy (non-hydrogen) atoms. The second-order valence-corrected chi connectivity index (χ2v) is 10.9. The molecule has 2 aromatic rings. The predicted molar refractivity (Wildman–Crippen MR) is 134 cm³/mol. The van der Waals surface area contributed by atoms with Gasteiger partial charge in [0.2, 0.25) is 0 Å². The summed E-state index contributed by atoms with van der Waals surface area (Å²) in [5.74, 6) is -1.57. The Morgan fingerprint density at radius 3 is 2.24 bits per heavy atom. The number of fused-ring (bicyclic) bond motifs is 3. The van der Waals surface area contributed by atoms with Crippen molar-refractivity contribution in [3.05, 3.63) is 41.5 Å². The zero-order chi connectivity index (χ0) is 27.0. The molecule has 2 saturated heterocycles. The largest absolute Gasteiger partial charge is 0.490 e. The maximum Gasteiger partial charge on any atom is 0.391 e. The van der Waals surface area contributed by atoms with E-state index < -0.39 is 24.9 Å². The molecule has 1 aliphatic carbocycles. The topological polar surface area (TPSA) is 55.8 Å². The molecule has 1 saturated carbocycles.